The summed E-state index contributed by atoms with van der Waals surface area (Å²) in [6, 6.07) is 2.02. The molecule has 0 aliphatic heterocycles. The summed E-state index contributed by atoms with van der Waals surface area (Å²) >= 11 is 0. The maximum absolute atomic E-state index is 6.56. The van der Waals surface area contributed by atoms with Gasteiger partial charge < -0.3 is 4.90 Å². The van der Waals surface area contributed by atoms with Crippen molar-refractivity contribution in [1.29, 1.82) is 5.41 Å². The van der Waals surface area contributed by atoms with E-state index in [1.807, 2.05) is 27.0 Å². The molecule has 1 N–H and O–H groups in total. The van der Waals surface area contributed by atoms with Crippen molar-refractivity contribution in [2.45, 2.75) is 13.3 Å². The van der Waals surface area contributed by atoms with Crippen molar-refractivity contribution in [1.82, 2.24) is 4.90 Å². The van der Waals surface area contributed by atoms with E-state index >= 15 is 0 Å². The largest absolute Gasteiger partial charge is 0.381 e. The van der Waals surface area contributed by atoms with Crippen molar-refractivity contribution < 1.29 is 0 Å². The zero-order valence-electron chi connectivity index (χ0n) is 7.39. The zero-order valence-corrected chi connectivity index (χ0v) is 7.39. The van der Waals surface area contributed by atoms with Crippen molar-refractivity contribution >= 4 is 6.01 Å². The van der Waals surface area contributed by atoms with Crippen LogP contribution in [-0.4, -0.2) is 31.5 Å². The summed E-state index contributed by atoms with van der Waals surface area (Å²) in [6.07, 6.45) is 2.94. The Morgan fingerprint density at radius 3 is 2.64 bits per heavy atom. The van der Waals surface area contributed by atoms with Crippen molar-refractivity contribution in [2.75, 3.05) is 20.6 Å². The van der Waals surface area contributed by atoms with Gasteiger partial charge in [0.25, 0.3) is 0 Å². The van der Waals surface area contributed by atoms with Gasteiger partial charge in [-0.25, -0.2) is 10.4 Å². The molecule has 3 heteroatoms. The van der Waals surface area contributed by atoms with Crippen molar-refractivity contribution in [3.8, 4) is 0 Å². The van der Waals surface area contributed by atoms with Crippen molar-refractivity contribution in [2.24, 2.45) is 4.99 Å². The third kappa shape index (κ3) is 4.34. The van der Waals surface area contributed by atoms with Gasteiger partial charge in [0, 0.05) is 26.2 Å². The van der Waals surface area contributed by atoms with Crippen LogP contribution in [0.3, 0.4) is 0 Å². The van der Waals surface area contributed by atoms with E-state index in [1.165, 1.54) is 5.70 Å². The molecule has 0 heterocycles. The molecule has 62 valence electrons. The molecule has 0 aliphatic rings. The Hall–Kier alpha value is -1.08. The van der Waals surface area contributed by atoms with Gasteiger partial charge in [-0.2, -0.15) is 0 Å². The fourth-order valence-electron chi connectivity index (χ4n) is 0.852. The van der Waals surface area contributed by atoms with E-state index in [0.29, 0.717) is 6.54 Å². The summed E-state index contributed by atoms with van der Waals surface area (Å²) in [5.74, 6) is 0. The predicted molar refractivity (Wildman–Crippen MR) is 47.1 cm³/mol. The zero-order chi connectivity index (χ0) is 8.69. The van der Waals surface area contributed by atoms with Gasteiger partial charge in [0.15, 0.2) is 0 Å². The lowest BCUT2D eigenvalue weighted by molar-refractivity contribution is 0.488. The molecule has 0 aliphatic carbocycles. The average molecular weight is 153 g/mol. The lowest BCUT2D eigenvalue weighted by Gasteiger charge is -2.15. The minimum absolute atomic E-state index is 0.654. The average Bonchev–Trinajstić information content (AvgIpc) is 1.97. The first-order valence-corrected chi connectivity index (χ1v) is 3.63. The molecule has 0 fully saturated rings. The van der Waals surface area contributed by atoms with Crippen LogP contribution in [0, 0.1) is 5.41 Å². The van der Waals surface area contributed by atoms with E-state index in [1.54, 1.807) is 0 Å². The Labute approximate surface area is 67.9 Å². The first kappa shape index (κ1) is 9.92. The molecule has 3 nitrogen and oxygen atoms in total. The summed E-state index contributed by atoms with van der Waals surface area (Å²) in [4.78, 5) is 5.75. The second kappa shape index (κ2) is 5.69. The number of nitrogens with one attached hydrogen (secondary N) is 1. The molecule has 0 spiro atoms. The Balaban J connectivity index is 3.81. The first-order chi connectivity index (χ1) is 5.22. The summed E-state index contributed by atoms with van der Waals surface area (Å²) in [7, 11) is 4.01. The normalized spacial score (nSPS) is 10.6. The van der Waals surface area contributed by atoms with Crippen LogP contribution in [0.15, 0.2) is 16.8 Å². The number of aliphatic imine (C=N–C) groups is 1. The predicted octanol–water partition coefficient (Wildman–Crippen LogP) is 1.59. The Morgan fingerprint density at radius 2 is 2.27 bits per heavy atom. The first-order valence-electron chi connectivity index (χ1n) is 3.63. The number of hydrogen-bond donors (Lipinski definition) is 1. The molecule has 0 atom stereocenters. The smallest absolute Gasteiger partial charge is 0.0862 e. The third-order valence-electron chi connectivity index (χ3n) is 1.47. The second-order valence-corrected chi connectivity index (χ2v) is 2.42. The molecule has 0 aromatic rings. The van der Waals surface area contributed by atoms with Crippen LogP contribution in [0.4, 0.5) is 0 Å². The molecule has 0 aromatic heterocycles. The number of nitrogens with zero attached hydrogens (tertiary/aromatic N) is 2. The molecule has 0 saturated carbocycles. The van der Waals surface area contributed by atoms with Crippen molar-refractivity contribution in [3.05, 3.63) is 11.8 Å². The van der Waals surface area contributed by atoms with E-state index in [4.69, 9.17) is 5.41 Å². The minimum atomic E-state index is 0.654. The highest BCUT2D eigenvalue weighted by Crippen LogP contribution is 2.03. The van der Waals surface area contributed by atoms with Gasteiger partial charge in [-0.1, -0.05) is 6.08 Å². The van der Waals surface area contributed by atoms with Crippen LogP contribution in [0.2, 0.25) is 0 Å². The van der Waals surface area contributed by atoms with Crippen LogP contribution in [0.25, 0.3) is 0 Å². The Kier molecular flexibility index (Phi) is 5.13. The van der Waals surface area contributed by atoms with Crippen LogP contribution in [-0.2, 0) is 0 Å². The molecule has 0 radical (unpaired) electrons. The molecule has 0 amide bonds. The minimum Gasteiger partial charge on any atom is -0.381 e. The Bertz CT molecular complexity index is 176. The monoisotopic (exact) mass is 153 g/mol. The lowest BCUT2D eigenvalue weighted by Crippen LogP contribution is -2.11. The lowest BCUT2D eigenvalue weighted by atomic mass is 10.3. The fourth-order valence-corrected chi connectivity index (χ4v) is 0.852. The van der Waals surface area contributed by atoms with Gasteiger partial charge in [0.05, 0.1) is 12.6 Å². The fraction of sp³-hybridized carbons (Fsp3) is 0.625. The molecule has 0 bridgehead atoms. The highest BCUT2D eigenvalue weighted by atomic mass is 15.1. The molecule has 0 aromatic carbocycles. The summed E-state index contributed by atoms with van der Waals surface area (Å²) in [6.45, 7) is 2.66. The van der Waals surface area contributed by atoms with Gasteiger partial charge in [-0.3, -0.25) is 0 Å². The topological polar surface area (TPSA) is 39.5 Å². The number of hydrogen-bond acceptors (Lipinski definition) is 3. The third-order valence-corrected chi connectivity index (χ3v) is 1.47. The Morgan fingerprint density at radius 1 is 1.64 bits per heavy atom. The summed E-state index contributed by atoms with van der Waals surface area (Å²) in [5.41, 5.74) is 1.24. The second-order valence-electron chi connectivity index (χ2n) is 2.42. The van der Waals surface area contributed by atoms with Crippen LogP contribution in [0.1, 0.15) is 13.3 Å². The summed E-state index contributed by atoms with van der Waals surface area (Å²) in [5, 5.41) is 6.56. The molecular weight excluding hydrogens is 138 g/mol. The molecule has 0 rings (SSSR count). The van der Waals surface area contributed by atoms with Crippen LogP contribution in [0.5, 0.6) is 0 Å². The van der Waals surface area contributed by atoms with Gasteiger partial charge in [0.1, 0.15) is 0 Å². The molecule has 0 saturated heterocycles. The van der Waals surface area contributed by atoms with Gasteiger partial charge >= 0.3 is 0 Å². The van der Waals surface area contributed by atoms with E-state index in [0.717, 1.165) is 6.42 Å². The highest BCUT2D eigenvalue weighted by molar-refractivity contribution is 5.35. The molecule has 0 unspecified atom stereocenters. The van der Waals surface area contributed by atoms with E-state index < -0.39 is 0 Å². The highest BCUT2D eigenvalue weighted by Gasteiger charge is 1.95. The number of allylic oxidation sites excluding steroid dienone is 1. The molecule has 11 heavy (non-hydrogen) atoms. The SMILES string of the molecule is CC=C(CCN=C=N)N(C)C. The standard InChI is InChI=1S/C8H15N3/c1-4-8(11(2)3)5-6-10-7-9/h4,9H,5-6H2,1-3H3. The summed E-state index contributed by atoms with van der Waals surface area (Å²) < 4.78 is 0. The van der Waals surface area contributed by atoms with Gasteiger partial charge in [0.2, 0.25) is 0 Å². The van der Waals surface area contributed by atoms with E-state index in [-0.39, 0.29) is 0 Å². The van der Waals surface area contributed by atoms with Crippen LogP contribution < -0.4 is 0 Å². The maximum atomic E-state index is 6.56. The van der Waals surface area contributed by atoms with Gasteiger partial charge in [-0.15, -0.1) is 0 Å². The van der Waals surface area contributed by atoms with E-state index in [2.05, 4.69) is 16.0 Å². The molecular formula is C8H15N3. The van der Waals surface area contributed by atoms with Crippen LogP contribution >= 0.6 is 0 Å². The van der Waals surface area contributed by atoms with E-state index in [9.17, 15) is 0 Å². The van der Waals surface area contributed by atoms with Crippen molar-refractivity contribution in [3.63, 3.8) is 0 Å². The number of rotatable bonds is 4. The van der Waals surface area contributed by atoms with Gasteiger partial charge in [-0.05, 0) is 6.92 Å². The maximum Gasteiger partial charge on any atom is 0.0862 e. The quantitative estimate of drug-likeness (QED) is 0.612.